The summed E-state index contributed by atoms with van der Waals surface area (Å²) in [7, 11) is 0. The maximum atomic E-state index is 9.57. The van der Waals surface area contributed by atoms with Crippen LogP contribution < -0.4 is 0 Å². The Morgan fingerprint density at radius 3 is 2.26 bits per heavy atom. The van der Waals surface area contributed by atoms with Crippen molar-refractivity contribution in [3.05, 3.63) is 23.8 Å². The van der Waals surface area contributed by atoms with Crippen LogP contribution >= 0.6 is 0 Å². The molecule has 106 valence electrons. The maximum Gasteiger partial charge on any atom is 0.119 e. The highest BCUT2D eigenvalue weighted by molar-refractivity contribution is 5.38. The standard InChI is InChI=1S/C16H25NO2/c1-3-4-13-5-7-17(8-6-13)12(2)14-9-15(18)11-16(19)10-14/h9-13,18-19H,3-8H2,1-2H3. The van der Waals surface area contributed by atoms with Crippen LogP contribution in [-0.4, -0.2) is 28.2 Å². The number of benzene rings is 1. The number of phenolic OH excluding ortho intramolecular Hbond substituents is 2. The van der Waals surface area contributed by atoms with E-state index in [0.717, 1.165) is 24.6 Å². The van der Waals surface area contributed by atoms with Crippen molar-refractivity contribution in [1.29, 1.82) is 0 Å². The molecule has 3 heteroatoms. The summed E-state index contributed by atoms with van der Waals surface area (Å²) in [6.07, 6.45) is 5.15. The lowest BCUT2D eigenvalue weighted by Gasteiger charge is -2.36. The zero-order valence-corrected chi connectivity index (χ0v) is 12.0. The van der Waals surface area contributed by atoms with Crippen LogP contribution in [0.25, 0.3) is 0 Å². The highest BCUT2D eigenvalue weighted by atomic mass is 16.3. The van der Waals surface area contributed by atoms with E-state index in [1.54, 1.807) is 12.1 Å². The van der Waals surface area contributed by atoms with Crippen LogP contribution in [0.4, 0.5) is 0 Å². The van der Waals surface area contributed by atoms with Gasteiger partial charge in [-0.15, -0.1) is 0 Å². The van der Waals surface area contributed by atoms with Gasteiger partial charge in [-0.05, 0) is 56.5 Å². The van der Waals surface area contributed by atoms with E-state index in [1.807, 2.05) is 0 Å². The van der Waals surface area contributed by atoms with Gasteiger partial charge in [0.2, 0.25) is 0 Å². The van der Waals surface area contributed by atoms with Crippen LogP contribution in [0.15, 0.2) is 18.2 Å². The van der Waals surface area contributed by atoms with E-state index in [-0.39, 0.29) is 17.5 Å². The second kappa shape index (κ2) is 6.29. The Morgan fingerprint density at radius 1 is 1.16 bits per heavy atom. The monoisotopic (exact) mass is 263 g/mol. The number of rotatable bonds is 4. The number of nitrogens with zero attached hydrogens (tertiary/aromatic N) is 1. The Morgan fingerprint density at radius 2 is 1.74 bits per heavy atom. The Labute approximate surface area is 115 Å². The van der Waals surface area contributed by atoms with Crippen molar-refractivity contribution in [3.63, 3.8) is 0 Å². The molecule has 19 heavy (non-hydrogen) atoms. The van der Waals surface area contributed by atoms with E-state index in [9.17, 15) is 10.2 Å². The fraction of sp³-hybridized carbons (Fsp3) is 0.625. The summed E-state index contributed by atoms with van der Waals surface area (Å²) in [6.45, 7) is 6.63. The second-order valence-electron chi connectivity index (χ2n) is 5.73. The van der Waals surface area contributed by atoms with Gasteiger partial charge in [0.15, 0.2) is 0 Å². The van der Waals surface area contributed by atoms with Crippen molar-refractivity contribution in [2.75, 3.05) is 13.1 Å². The van der Waals surface area contributed by atoms with Crippen molar-refractivity contribution in [1.82, 2.24) is 4.90 Å². The first-order chi connectivity index (χ1) is 9.10. The third-order valence-electron chi connectivity index (χ3n) is 4.30. The van der Waals surface area contributed by atoms with Gasteiger partial charge < -0.3 is 10.2 Å². The third kappa shape index (κ3) is 3.63. The predicted molar refractivity (Wildman–Crippen MR) is 77.4 cm³/mol. The van der Waals surface area contributed by atoms with E-state index in [4.69, 9.17) is 0 Å². The Kier molecular flexibility index (Phi) is 4.70. The van der Waals surface area contributed by atoms with E-state index >= 15 is 0 Å². The normalized spacial score (nSPS) is 19.5. The summed E-state index contributed by atoms with van der Waals surface area (Å²) >= 11 is 0. The van der Waals surface area contributed by atoms with Crippen molar-refractivity contribution in [2.45, 2.75) is 45.6 Å². The highest BCUT2D eigenvalue weighted by Crippen LogP contribution is 2.31. The van der Waals surface area contributed by atoms with Gasteiger partial charge >= 0.3 is 0 Å². The SMILES string of the molecule is CCCC1CCN(C(C)c2cc(O)cc(O)c2)CC1. The molecule has 1 aromatic carbocycles. The largest absolute Gasteiger partial charge is 0.508 e. The van der Waals surface area contributed by atoms with Crippen LogP contribution in [0.1, 0.15) is 51.1 Å². The molecule has 2 rings (SSSR count). The van der Waals surface area contributed by atoms with Crippen LogP contribution in [0.5, 0.6) is 11.5 Å². The Balaban J connectivity index is 1.98. The van der Waals surface area contributed by atoms with Gasteiger partial charge in [-0.1, -0.05) is 19.8 Å². The first-order valence-electron chi connectivity index (χ1n) is 7.37. The maximum absolute atomic E-state index is 9.57. The molecule has 1 aliphatic heterocycles. The van der Waals surface area contributed by atoms with Crippen molar-refractivity contribution >= 4 is 0 Å². The highest BCUT2D eigenvalue weighted by Gasteiger charge is 2.23. The first kappa shape index (κ1) is 14.2. The van der Waals surface area contributed by atoms with E-state index in [1.165, 1.54) is 31.7 Å². The van der Waals surface area contributed by atoms with Crippen LogP contribution in [0, 0.1) is 5.92 Å². The van der Waals surface area contributed by atoms with Crippen molar-refractivity contribution in [2.24, 2.45) is 5.92 Å². The summed E-state index contributed by atoms with van der Waals surface area (Å²) in [5.74, 6) is 1.16. The van der Waals surface area contributed by atoms with Gasteiger partial charge in [0, 0.05) is 12.1 Å². The molecule has 1 unspecified atom stereocenters. The summed E-state index contributed by atoms with van der Waals surface area (Å²) in [5.41, 5.74) is 0.992. The first-order valence-corrected chi connectivity index (χ1v) is 7.37. The molecule has 0 amide bonds. The van der Waals surface area contributed by atoms with E-state index in [0.29, 0.717) is 0 Å². The van der Waals surface area contributed by atoms with Gasteiger partial charge in [0.05, 0.1) is 0 Å². The van der Waals surface area contributed by atoms with Gasteiger partial charge in [0.25, 0.3) is 0 Å². The smallest absolute Gasteiger partial charge is 0.119 e. The van der Waals surface area contributed by atoms with Gasteiger partial charge in [-0.25, -0.2) is 0 Å². The van der Waals surface area contributed by atoms with E-state index < -0.39 is 0 Å². The summed E-state index contributed by atoms with van der Waals surface area (Å²) in [6, 6.07) is 5.13. The van der Waals surface area contributed by atoms with Crippen LogP contribution in [0.3, 0.4) is 0 Å². The molecule has 1 heterocycles. The molecule has 1 saturated heterocycles. The fourth-order valence-corrected chi connectivity index (χ4v) is 3.11. The zero-order valence-electron chi connectivity index (χ0n) is 12.0. The molecule has 0 radical (unpaired) electrons. The minimum atomic E-state index is 0.141. The Hall–Kier alpha value is -1.22. The average molecular weight is 263 g/mol. The molecule has 3 nitrogen and oxygen atoms in total. The molecule has 1 aromatic rings. The molecular formula is C16H25NO2. The van der Waals surface area contributed by atoms with Gasteiger partial charge in [-0.2, -0.15) is 0 Å². The molecule has 1 aliphatic rings. The molecule has 1 fully saturated rings. The lowest BCUT2D eigenvalue weighted by molar-refractivity contribution is 0.137. The lowest BCUT2D eigenvalue weighted by Crippen LogP contribution is -2.35. The number of likely N-dealkylation sites (tertiary alicyclic amines) is 1. The van der Waals surface area contributed by atoms with Crippen molar-refractivity contribution in [3.8, 4) is 11.5 Å². The van der Waals surface area contributed by atoms with Crippen LogP contribution in [-0.2, 0) is 0 Å². The number of aromatic hydroxyl groups is 2. The zero-order chi connectivity index (χ0) is 13.8. The van der Waals surface area contributed by atoms with Gasteiger partial charge in [-0.3, -0.25) is 4.90 Å². The third-order valence-corrected chi connectivity index (χ3v) is 4.30. The molecule has 0 spiro atoms. The molecule has 0 aliphatic carbocycles. The quantitative estimate of drug-likeness (QED) is 0.871. The minimum Gasteiger partial charge on any atom is -0.508 e. The Bertz CT molecular complexity index is 391. The molecule has 0 bridgehead atoms. The fourth-order valence-electron chi connectivity index (χ4n) is 3.11. The molecular weight excluding hydrogens is 238 g/mol. The summed E-state index contributed by atoms with van der Waals surface area (Å²) in [5, 5.41) is 19.1. The minimum absolute atomic E-state index is 0.141. The van der Waals surface area contributed by atoms with Crippen LogP contribution in [0.2, 0.25) is 0 Å². The molecule has 2 N–H and O–H groups in total. The molecule has 0 saturated carbocycles. The summed E-state index contributed by atoms with van der Waals surface area (Å²) < 4.78 is 0. The average Bonchev–Trinajstić information content (AvgIpc) is 2.38. The van der Waals surface area contributed by atoms with Gasteiger partial charge in [0.1, 0.15) is 11.5 Å². The molecule has 1 atom stereocenters. The van der Waals surface area contributed by atoms with E-state index in [2.05, 4.69) is 18.7 Å². The second-order valence-corrected chi connectivity index (χ2v) is 5.73. The number of phenols is 2. The summed E-state index contributed by atoms with van der Waals surface area (Å²) in [4.78, 5) is 2.44. The number of hydrogen-bond acceptors (Lipinski definition) is 3. The predicted octanol–water partition coefficient (Wildman–Crippen LogP) is 3.67. The topological polar surface area (TPSA) is 43.7 Å². The lowest BCUT2D eigenvalue weighted by atomic mass is 9.91. The van der Waals surface area contributed by atoms with Crippen molar-refractivity contribution < 1.29 is 10.2 Å². The molecule has 0 aromatic heterocycles. The number of piperidine rings is 1. The number of hydrogen-bond donors (Lipinski definition) is 2.